The van der Waals surface area contributed by atoms with Crippen LogP contribution < -0.4 is 31.1 Å². The van der Waals surface area contributed by atoms with E-state index in [2.05, 4.69) is 52.3 Å². The summed E-state index contributed by atoms with van der Waals surface area (Å²) in [5.74, 6) is 2.96. The summed E-state index contributed by atoms with van der Waals surface area (Å²) in [5, 5.41) is 6.49. The number of hydrogen-bond acceptors (Lipinski definition) is 13. The molecule has 4 aliphatic heterocycles. The van der Waals surface area contributed by atoms with Gasteiger partial charge in [-0.3, -0.25) is 24.8 Å². The molecule has 10 heterocycles. The second kappa shape index (κ2) is 15.5. The molecule has 284 valence electrons. The number of amides is 2. The lowest BCUT2D eigenvalue weighted by atomic mass is 10.1. The standard InChI is InChI=1S/C21H21N7O.C15H17N5.C5H6N2/c1-13-5-6-15(10-23-13)19-24-14(2)18-20(26-19)28(17-7-9-27(18)12-17)21(29)25-16-4-3-8-22-11-16;1-9-3-4-11(7-16-9)14-17-10(2)13-15(19-14)18-12-5-6-20(13)8-12;6-5-2-1-3-7-4-5/h3-6,8,10-11,17H,7,9,12H2,1-2H3,(H,25,29);3-4,7,12H,5-6,8H2,1-2H3,(H,17,18,19);1-4H,6H2/t17-;12-;/m00./s1. The molecule has 0 unspecified atom stereocenters. The van der Waals surface area contributed by atoms with Crippen LogP contribution in [0.5, 0.6) is 0 Å². The number of urea groups is 1. The van der Waals surface area contributed by atoms with Crippen molar-refractivity contribution < 1.29 is 4.79 Å². The summed E-state index contributed by atoms with van der Waals surface area (Å²) >= 11 is 0. The van der Waals surface area contributed by atoms with Crippen molar-refractivity contribution in [3.63, 3.8) is 0 Å². The maximum absolute atomic E-state index is 13.2. The van der Waals surface area contributed by atoms with E-state index in [-0.39, 0.29) is 12.1 Å². The van der Waals surface area contributed by atoms with Crippen molar-refractivity contribution in [2.24, 2.45) is 0 Å². The Labute approximate surface area is 325 Å². The molecule has 0 aliphatic carbocycles. The van der Waals surface area contributed by atoms with E-state index >= 15 is 0 Å². The van der Waals surface area contributed by atoms with Crippen LogP contribution in [0, 0.1) is 27.7 Å². The van der Waals surface area contributed by atoms with E-state index < -0.39 is 0 Å². The zero-order chi connectivity index (χ0) is 38.8. The molecule has 2 amide bonds. The summed E-state index contributed by atoms with van der Waals surface area (Å²) in [5.41, 5.74) is 14.4. The van der Waals surface area contributed by atoms with E-state index in [1.54, 1.807) is 54.1 Å². The van der Waals surface area contributed by atoms with Crippen molar-refractivity contribution in [1.29, 1.82) is 0 Å². The maximum atomic E-state index is 13.2. The Kier molecular flexibility index (Phi) is 10.0. The number of fused-ring (bicyclic) bond motifs is 8. The fraction of sp³-hybridized carbons (Fsp3) is 0.293. The molecular formula is C41H44N14O. The first kappa shape index (κ1) is 36.2. The van der Waals surface area contributed by atoms with Gasteiger partial charge in [-0.05, 0) is 89.1 Å². The molecule has 0 saturated carbocycles. The molecule has 4 aliphatic rings. The molecule has 56 heavy (non-hydrogen) atoms. The van der Waals surface area contributed by atoms with Gasteiger partial charge in [-0.15, -0.1) is 0 Å². The summed E-state index contributed by atoms with van der Waals surface area (Å²) in [6, 6.07) is 15.6. The number of aromatic nitrogens is 8. The molecule has 2 saturated heterocycles. The molecule has 4 N–H and O–H groups in total. The minimum atomic E-state index is -0.197. The van der Waals surface area contributed by atoms with Crippen molar-refractivity contribution in [1.82, 2.24) is 39.9 Å². The van der Waals surface area contributed by atoms with Crippen LogP contribution in [-0.2, 0) is 0 Å². The van der Waals surface area contributed by atoms with Crippen molar-refractivity contribution in [3.8, 4) is 22.8 Å². The van der Waals surface area contributed by atoms with Gasteiger partial charge in [0.25, 0.3) is 0 Å². The molecule has 15 nitrogen and oxygen atoms in total. The number of nitrogen functional groups attached to an aromatic ring is 1. The molecule has 4 bridgehead atoms. The van der Waals surface area contributed by atoms with Crippen LogP contribution in [0.2, 0.25) is 0 Å². The van der Waals surface area contributed by atoms with Crippen LogP contribution in [0.25, 0.3) is 22.8 Å². The van der Waals surface area contributed by atoms with Crippen molar-refractivity contribution in [2.75, 3.05) is 57.2 Å². The third-order valence-corrected chi connectivity index (χ3v) is 10.2. The number of carbonyl (C=O) groups is 1. The minimum Gasteiger partial charge on any atom is -0.397 e. The molecule has 10 rings (SSSR count). The second-order valence-electron chi connectivity index (χ2n) is 14.3. The summed E-state index contributed by atoms with van der Waals surface area (Å²) in [6.07, 6.45) is 12.3. The first-order valence-corrected chi connectivity index (χ1v) is 18.8. The van der Waals surface area contributed by atoms with E-state index in [9.17, 15) is 4.79 Å². The molecule has 2 atom stereocenters. The van der Waals surface area contributed by atoms with Crippen molar-refractivity contribution in [3.05, 3.63) is 108 Å². The smallest absolute Gasteiger partial charge is 0.327 e. The number of anilines is 6. The average Bonchev–Trinajstić information content (AvgIpc) is 3.79. The predicted molar refractivity (Wildman–Crippen MR) is 219 cm³/mol. The van der Waals surface area contributed by atoms with Gasteiger partial charge in [0.05, 0.1) is 35.0 Å². The normalized spacial score (nSPS) is 17.0. The number of nitrogens with one attached hydrogen (secondary N) is 2. The monoisotopic (exact) mass is 748 g/mol. The van der Waals surface area contributed by atoms with Gasteiger partial charge < -0.3 is 26.2 Å². The van der Waals surface area contributed by atoms with Gasteiger partial charge in [0.1, 0.15) is 11.4 Å². The van der Waals surface area contributed by atoms with Gasteiger partial charge in [-0.1, -0.05) is 0 Å². The highest BCUT2D eigenvalue weighted by atomic mass is 16.2. The van der Waals surface area contributed by atoms with Gasteiger partial charge >= 0.3 is 6.03 Å². The molecule has 6 aromatic heterocycles. The quantitative estimate of drug-likeness (QED) is 0.192. The number of pyridine rings is 4. The predicted octanol–water partition coefficient (Wildman–Crippen LogP) is 6.00. The Morgan fingerprint density at radius 3 is 1.98 bits per heavy atom. The molecular weight excluding hydrogens is 705 g/mol. The Hall–Kier alpha value is -6.77. The van der Waals surface area contributed by atoms with E-state index in [1.165, 1.54) is 12.1 Å². The van der Waals surface area contributed by atoms with Gasteiger partial charge in [0.2, 0.25) is 0 Å². The third kappa shape index (κ3) is 7.60. The molecule has 6 aromatic rings. The zero-order valence-corrected chi connectivity index (χ0v) is 31.9. The summed E-state index contributed by atoms with van der Waals surface area (Å²) in [4.78, 5) is 55.1. The van der Waals surface area contributed by atoms with Crippen LogP contribution in [0.3, 0.4) is 0 Å². The minimum absolute atomic E-state index is 0.0810. The Morgan fingerprint density at radius 2 is 1.38 bits per heavy atom. The van der Waals surface area contributed by atoms with Crippen LogP contribution in [0.15, 0.2) is 85.7 Å². The van der Waals surface area contributed by atoms with Gasteiger partial charge in [0, 0.05) is 85.7 Å². The van der Waals surface area contributed by atoms with E-state index in [0.29, 0.717) is 29.1 Å². The first-order valence-electron chi connectivity index (χ1n) is 18.8. The highest BCUT2D eigenvalue weighted by molar-refractivity contribution is 6.04. The first-order chi connectivity index (χ1) is 27.2. The van der Waals surface area contributed by atoms with Crippen LogP contribution >= 0.6 is 0 Å². The van der Waals surface area contributed by atoms with Crippen LogP contribution in [-0.4, -0.2) is 84.2 Å². The van der Waals surface area contributed by atoms with E-state index in [4.69, 9.17) is 20.7 Å². The third-order valence-electron chi connectivity index (χ3n) is 10.2. The lowest BCUT2D eigenvalue weighted by molar-refractivity contribution is 0.255. The number of aryl methyl sites for hydroxylation is 4. The Morgan fingerprint density at radius 1 is 0.732 bits per heavy atom. The average molecular weight is 749 g/mol. The molecule has 0 spiro atoms. The Bertz CT molecular complexity index is 2320. The van der Waals surface area contributed by atoms with Gasteiger partial charge in [-0.25, -0.2) is 24.7 Å². The maximum Gasteiger partial charge on any atom is 0.327 e. The fourth-order valence-corrected chi connectivity index (χ4v) is 7.46. The lowest BCUT2D eigenvalue weighted by Crippen LogP contribution is -2.48. The van der Waals surface area contributed by atoms with Crippen molar-refractivity contribution >= 4 is 40.4 Å². The van der Waals surface area contributed by atoms with Crippen LogP contribution in [0.1, 0.15) is 35.6 Å². The largest absolute Gasteiger partial charge is 0.397 e. The lowest BCUT2D eigenvalue weighted by Gasteiger charge is -2.36. The van der Waals surface area contributed by atoms with Crippen molar-refractivity contribution in [2.45, 2.75) is 52.6 Å². The zero-order valence-electron chi connectivity index (χ0n) is 31.9. The van der Waals surface area contributed by atoms with Crippen LogP contribution in [0.4, 0.5) is 39.2 Å². The number of carbonyl (C=O) groups excluding carboxylic acids is 1. The number of nitrogens with zero attached hydrogens (tertiary/aromatic N) is 11. The number of hydrogen-bond donors (Lipinski definition) is 3. The fourth-order valence-electron chi connectivity index (χ4n) is 7.46. The molecule has 2 fully saturated rings. The number of nitrogens with two attached hydrogens (primary N) is 1. The summed E-state index contributed by atoms with van der Waals surface area (Å²) < 4.78 is 0. The second-order valence-corrected chi connectivity index (χ2v) is 14.3. The van der Waals surface area contributed by atoms with Gasteiger partial charge in [0.15, 0.2) is 23.3 Å². The molecule has 0 aromatic carbocycles. The SMILES string of the molecule is Cc1ccc(-c2nc(C)c3c(n2)N(C(=O)Nc2cccnc2)[C@H]2CCN3C2)cn1.Cc1ccc(-c2nc(C)c3c(n2)N[C@H]2CCN3C2)cn1.Nc1cccnc1. The van der Waals surface area contributed by atoms with E-state index in [0.717, 1.165) is 83.8 Å². The Balaban J connectivity index is 0.000000140. The highest BCUT2D eigenvalue weighted by Crippen LogP contribution is 2.42. The number of rotatable bonds is 3. The molecule has 15 heteroatoms. The topological polar surface area (TPSA) is 180 Å². The highest BCUT2D eigenvalue weighted by Gasteiger charge is 2.42. The summed E-state index contributed by atoms with van der Waals surface area (Å²) in [7, 11) is 0. The summed E-state index contributed by atoms with van der Waals surface area (Å²) in [6.45, 7) is 11.8. The van der Waals surface area contributed by atoms with Gasteiger partial charge in [-0.2, -0.15) is 0 Å². The van der Waals surface area contributed by atoms with E-state index in [1.807, 2.05) is 57.3 Å². The molecule has 0 radical (unpaired) electrons.